The van der Waals surface area contributed by atoms with Crippen LogP contribution in [0.2, 0.25) is 0 Å². The molecule has 0 fully saturated rings. The van der Waals surface area contributed by atoms with Crippen LogP contribution in [0, 0.1) is 13.8 Å². The van der Waals surface area contributed by atoms with Crippen LogP contribution in [0.15, 0.2) is 76.9 Å². The highest BCUT2D eigenvalue weighted by atomic mass is 16.5. The number of anilines is 4. The van der Waals surface area contributed by atoms with Gasteiger partial charge in [-0.3, -0.25) is 5.43 Å². The van der Waals surface area contributed by atoms with Crippen LogP contribution in [0.4, 0.5) is 23.3 Å². The minimum Gasteiger partial charge on any atom is -0.507 e. The third-order valence-corrected chi connectivity index (χ3v) is 5.21. The fourth-order valence-electron chi connectivity index (χ4n) is 3.39. The van der Waals surface area contributed by atoms with Crippen LogP contribution in [0.5, 0.6) is 17.2 Å². The molecule has 0 spiro atoms. The molecule has 10 nitrogen and oxygen atoms in total. The lowest BCUT2D eigenvalue weighted by Crippen LogP contribution is -2.04. The molecule has 0 amide bonds. The number of para-hydroxylation sites is 2. The van der Waals surface area contributed by atoms with Gasteiger partial charge in [0.05, 0.1) is 25.2 Å². The zero-order valence-corrected chi connectivity index (χ0v) is 20.6. The summed E-state index contributed by atoms with van der Waals surface area (Å²) in [5, 5.41) is 31.7. The van der Waals surface area contributed by atoms with Gasteiger partial charge in [-0.25, -0.2) is 5.43 Å². The summed E-state index contributed by atoms with van der Waals surface area (Å²) in [6, 6.07) is 19.6. The number of phenolic OH excluding ortho intramolecular Hbond substituents is 2. The second-order valence-corrected chi connectivity index (χ2v) is 8.15. The zero-order chi connectivity index (χ0) is 26.2. The van der Waals surface area contributed by atoms with Crippen molar-refractivity contribution in [1.29, 1.82) is 0 Å². The zero-order valence-electron chi connectivity index (χ0n) is 20.6. The van der Waals surface area contributed by atoms with Gasteiger partial charge in [-0.2, -0.15) is 20.2 Å². The van der Waals surface area contributed by atoms with E-state index >= 15 is 0 Å². The molecule has 37 heavy (non-hydrogen) atoms. The third kappa shape index (κ3) is 6.73. The topological polar surface area (TPSA) is 136 Å². The van der Waals surface area contributed by atoms with Gasteiger partial charge in [-0.1, -0.05) is 35.4 Å². The Labute approximate surface area is 214 Å². The van der Waals surface area contributed by atoms with E-state index in [0.29, 0.717) is 34.2 Å². The number of nitrogens with one attached hydrogen (secondary N) is 3. The van der Waals surface area contributed by atoms with Crippen molar-refractivity contribution in [1.82, 2.24) is 9.97 Å². The van der Waals surface area contributed by atoms with Gasteiger partial charge in [0.2, 0.25) is 5.95 Å². The molecule has 0 aliphatic rings. The van der Waals surface area contributed by atoms with Crippen LogP contribution in [0.25, 0.3) is 0 Å². The molecular formula is C27H27N7O3. The molecule has 1 heterocycles. The fourth-order valence-corrected chi connectivity index (χ4v) is 3.39. The van der Waals surface area contributed by atoms with Crippen molar-refractivity contribution in [3.8, 4) is 17.2 Å². The molecule has 0 aliphatic heterocycles. The molecule has 4 rings (SSSR count). The average molecular weight is 498 g/mol. The van der Waals surface area contributed by atoms with E-state index in [9.17, 15) is 10.2 Å². The molecule has 3 aromatic carbocycles. The number of hydrazone groups is 2. The number of hydrogen-bond acceptors (Lipinski definition) is 10. The van der Waals surface area contributed by atoms with Gasteiger partial charge in [0, 0.05) is 17.2 Å². The monoisotopic (exact) mass is 497 g/mol. The van der Waals surface area contributed by atoms with Crippen molar-refractivity contribution in [2.24, 2.45) is 10.2 Å². The van der Waals surface area contributed by atoms with Gasteiger partial charge < -0.3 is 20.3 Å². The lowest BCUT2D eigenvalue weighted by molar-refractivity contribution is 0.417. The first-order valence-electron chi connectivity index (χ1n) is 11.4. The van der Waals surface area contributed by atoms with E-state index in [1.54, 1.807) is 25.3 Å². The van der Waals surface area contributed by atoms with Crippen LogP contribution < -0.4 is 20.9 Å². The Hall–Kier alpha value is -5.12. The summed E-state index contributed by atoms with van der Waals surface area (Å²) in [6.07, 6.45) is 2.99. The molecular weight excluding hydrogens is 470 g/mol. The van der Waals surface area contributed by atoms with Crippen molar-refractivity contribution in [3.63, 3.8) is 0 Å². The Morgan fingerprint density at radius 3 is 2.00 bits per heavy atom. The Kier molecular flexibility index (Phi) is 7.79. The molecule has 0 bridgehead atoms. The predicted octanol–water partition coefficient (Wildman–Crippen LogP) is 5.15. The maximum absolute atomic E-state index is 10.1. The first-order valence-corrected chi connectivity index (χ1v) is 11.4. The highest BCUT2D eigenvalue weighted by Crippen LogP contribution is 2.27. The molecule has 0 unspecified atom stereocenters. The SMILES string of the molecule is COc1ccccc1Nc1cc(NN=Cc2cc(C)ccc2O)nc(NN=Cc2cc(C)ccc2O)n1. The van der Waals surface area contributed by atoms with E-state index in [4.69, 9.17) is 4.74 Å². The first-order chi connectivity index (χ1) is 17.9. The number of aromatic nitrogens is 2. The van der Waals surface area contributed by atoms with Crippen LogP contribution >= 0.6 is 0 Å². The number of rotatable bonds is 9. The average Bonchev–Trinajstić information content (AvgIpc) is 2.88. The summed E-state index contributed by atoms with van der Waals surface area (Å²) in [7, 11) is 1.59. The second kappa shape index (κ2) is 11.5. The molecule has 10 heteroatoms. The van der Waals surface area contributed by atoms with Crippen LogP contribution in [0.1, 0.15) is 22.3 Å². The predicted molar refractivity (Wildman–Crippen MR) is 146 cm³/mol. The summed E-state index contributed by atoms with van der Waals surface area (Å²) in [5.74, 6) is 1.87. The standard InChI is InChI=1S/C27H27N7O3/c1-17-8-10-22(35)19(12-17)15-28-33-26-14-25(30-21-6-4-5-7-24(21)37-3)31-27(32-26)34-29-16-20-13-18(2)9-11-23(20)36/h4-16,35-36H,1-3H3,(H3,30,31,32,33,34). The number of hydrogen-bond donors (Lipinski definition) is 5. The van der Waals surface area contributed by atoms with Gasteiger partial charge in [-0.05, 0) is 50.2 Å². The summed E-state index contributed by atoms with van der Waals surface area (Å²) in [4.78, 5) is 8.87. The highest BCUT2D eigenvalue weighted by molar-refractivity contribution is 5.85. The van der Waals surface area contributed by atoms with Crippen molar-refractivity contribution in [2.75, 3.05) is 23.3 Å². The molecule has 0 saturated heterocycles. The number of aryl methyl sites for hydroxylation is 2. The number of phenols is 2. The van der Waals surface area contributed by atoms with Gasteiger partial charge in [0.15, 0.2) is 5.82 Å². The van der Waals surface area contributed by atoms with Crippen LogP contribution in [0.3, 0.4) is 0 Å². The molecule has 0 atom stereocenters. The van der Waals surface area contributed by atoms with Gasteiger partial charge in [0.25, 0.3) is 0 Å². The molecule has 0 aliphatic carbocycles. The maximum Gasteiger partial charge on any atom is 0.247 e. The fraction of sp³-hybridized carbons (Fsp3) is 0.111. The molecule has 1 aromatic heterocycles. The maximum atomic E-state index is 10.1. The lowest BCUT2D eigenvalue weighted by atomic mass is 10.1. The van der Waals surface area contributed by atoms with E-state index in [2.05, 4.69) is 36.3 Å². The number of ether oxygens (including phenoxy) is 1. The lowest BCUT2D eigenvalue weighted by Gasteiger charge is -2.12. The number of aromatic hydroxyl groups is 2. The second-order valence-electron chi connectivity index (χ2n) is 8.15. The van der Waals surface area contributed by atoms with E-state index in [1.807, 2.05) is 62.4 Å². The van der Waals surface area contributed by atoms with E-state index in [-0.39, 0.29) is 17.4 Å². The van der Waals surface area contributed by atoms with Crippen LogP contribution in [-0.4, -0.2) is 39.7 Å². The van der Waals surface area contributed by atoms with Gasteiger partial charge >= 0.3 is 0 Å². The summed E-state index contributed by atoms with van der Waals surface area (Å²) in [6.45, 7) is 3.86. The first kappa shape index (κ1) is 25.0. The minimum atomic E-state index is 0.111. The Morgan fingerprint density at radius 1 is 0.757 bits per heavy atom. The number of benzene rings is 3. The molecule has 0 radical (unpaired) electrons. The van der Waals surface area contributed by atoms with Crippen molar-refractivity contribution < 1.29 is 14.9 Å². The van der Waals surface area contributed by atoms with E-state index in [1.165, 1.54) is 12.4 Å². The van der Waals surface area contributed by atoms with E-state index < -0.39 is 0 Å². The van der Waals surface area contributed by atoms with Crippen molar-refractivity contribution in [2.45, 2.75) is 13.8 Å². The quantitative estimate of drug-likeness (QED) is 0.158. The third-order valence-electron chi connectivity index (χ3n) is 5.21. The summed E-state index contributed by atoms with van der Waals surface area (Å²) in [5.41, 5.74) is 9.47. The molecule has 5 N–H and O–H groups in total. The largest absolute Gasteiger partial charge is 0.507 e. The number of nitrogens with zero attached hydrogens (tertiary/aromatic N) is 4. The molecule has 4 aromatic rings. The Bertz CT molecular complexity index is 1370. The Balaban J connectivity index is 1.59. The van der Waals surface area contributed by atoms with Crippen LogP contribution in [-0.2, 0) is 0 Å². The highest BCUT2D eigenvalue weighted by Gasteiger charge is 2.08. The smallest absolute Gasteiger partial charge is 0.247 e. The summed E-state index contributed by atoms with van der Waals surface area (Å²) >= 11 is 0. The number of methoxy groups -OCH3 is 1. The van der Waals surface area contributed by atoms with Crippen molar-refractivity contribution >= 4 is 35.7 Å². The minimum absolute atomic E-state index is 0.111. The summed E-state index contributed by atoms with van der Waals surface area (Å²) < 4.78 is 5.42. The molecule has 188 valence electrons. The van der Waals surface area contributed by atoms with Gasteiger partial charge in [0.1, 0.15) is 23.1 Å². The Morgan fingerprint density at radius 2 is 1.35 bits per heavy atom. The van der Waals surface area contributed by atoms with E-state index in [0.717, 1.165) is 11.1 Å². The molecule has 0 saturated carbocycles. The van der Waals surface area contributed by atoms with Gasteiger partial charge in [-0.15, -0.1) is 0 Å². The normalized spacial score (nSPS) is 11.1. The van der Waals surface area contributed by atoms with Crippen molar-refractivity contribution in [3.05, 3.63) is 89.0 Å².